The number of hydrogen-bond donors (Lipinski definition) is 3. The zero-order chi connectivity index (χ0) is 26.4. The summed E-state index contributed by atoms with van der Waals surface area (Å²) in [5.41, 5.74) is 0.788. The number of carbonyl (C=O) groups excluding carboxylic acids is 3. The van der Waals surface area contributed by atoms with Gasteiger partial charge >= 0.3 is 0 Å². The molecule has 1 unspecified atom stereocenters. The number of amides is 3. The van der Waals surface area contributed by atoms with Crippen LogP contribution in [0.1, 0.15) is 75.7 Å². The molecule has 2 aliphatic heterocycles. The van der Waals surface area contributed by atoms with Crippen molar-refractivity contribution in [2.75, 3.05) is 6.54 Å². The van der Waals surface area contributed by atoms with Gasteiger partial charge in [-0.15, -0.1) is 0 Å². The van der Waals surface area contributed by atoms with Gasteiger partial charge < -0.3 is 20.5 Å². The Kier molecular flexibility index (Phi) is 6.70. The van der Waals surface area contributed by atoms with Crippen LogP contribution in [0, 0.1) is 22.7 Å². The number of aromatic nitrogens is 1. The van der Waals surface area contributed by atoms with E-state index in [4.69, 9.17) is 11.6 Å². The number of nitrogens with zero attached hydrogens (tertiary/aromatic N) is 2. The standard InChI is InChI=1S/C28H34ClN5O3/c1-27(2)13-18(24(35)33-27)10-20(15-30)31-25(36)23-14-28(8-4-3-5-9-28)16-34(23)26(37)22-11-17-6-7-19(29)12-21(17)32-22/h6-7,11-12,18,20,23,32H,3-5,8-10,13-14,16H2,1-2H3,(H,31,36)(H,33,35)/t18-,20?,23+/m1/s1. The SMILES string of the molecule is CC1(C)C[C@@H](CC(C#N)NC(=O)[C@@H]2CC3(CCCCC3)CN2C(=O)c2cc3ccc(Cl)cc3[nH]2)C(=O)N1. The zero-order valence-electron chi connectivity index (χ0n) is 21.4. The second kappa shape index (κ2) is 9.68. The number of rotatable bonds is 5. The maximum atomic E-state index is 13.8. The molecule has 2 aromatic rings. The molecule has 3 fully saturated rings. The van der Waals surface area contributed by atoms with Crippen molar-refractivity contribution < 1.29 is 14.4 Å². The van der Waals surface area contributed by atoms with Crippen LogP contribution in [0.2, 0.25) is 5.02 Å². The highest BCUT2D eigenvalue weighted by Crippen LogP contribution is 2.46. The fourth-order valence-corrected chi connectivity index (χ4v) is 6.79. The van der Waals surface area contributed by atoms with Crippen molar-refractivity contribution in [2.24, 2.45) is 11.3 Å². The summed E-state index contributed by atoms with van der Waals surface area (Å²) in [7, 11) is 0. The number of H-pyrrole nitrogens is 1. The molecule has 1 aromatic carbocycles. The molecule has 1 aliphatic carbocycles. The molecule has 8 nitrogen and oxygen atoms in total. The number of halogens is 1. The van der Waals surface area contributed by atoms with E-state index < -0.39 is 12.1 Å². The van der Waals surface area contributed by atoms with Gasteiger partial charge in [0, 0.05) is 33.9 Å². The van der Waals surface area contributed by atoms with Crippen LogP contribution >= 0.6 is 11.6 Å². The first-order chi connectivity index (χ1) is 17.6. The summed E-state index contributed by atoms with van der Waals surface area (Å²) in [5.74, 6) is -0.958. The molecule has 1 aromatic heterocycles. The number of hydrogen-bond acceptors (Lipinski definition) is 4. The lowest BCUT2D eigenvalue weighted by atomic mass is 9.72. The molecule has 0 radical (unpaired) electrons. The molecule has 2 saturated heterocycles. The number of nitriles is 1. The molecule has 3 heterocycles. The van der Waals surface area contributed by atoms with Crippen LogP contribution in [0.5, 0.6) is 0 Å². The van der Waals surface area contributed by atoms with Gasteiger partial charge in [0.25, 0.3) is 5.91 Å². The van der Waals surface area contributed by atoms with Crippen molar-refractivity contribution in [2.45, 2.75) is 82.8 Å². The lowest BCUT2D eigenvalue weighted by molar-refractivity contribution is -0.126. The van der Waals surface area contributed by atoms with Crippen molar-refractivity contribution in [3.05, 3.63) is 35.0 Å². The van der Waals surface area contributed by atoms with Crippen LogP contribution in [0.15, 0.2) is 24.3 Å². The van der Waals surface area contributed by atoms with Crippen molar-refractivity contribution in [1.82, 2.24) is 20.5 Å². The predicted molar refractivity (Wildman–Crippen MR) is 141 cm³/mol. The number of aromatic amines is 1. The number of carbonyl (C=O) groups is 3. The summed E-state index contributed by atoms with van der Waals surface area (Å²) < 4.78 is 0. The average molecular weight is 524 g/mol. The van der Waals surface area contributed by atoms with E-state index in [0.29, 0.717) is 30.1 Å². The molecule has 3 aliphatic rings. The smallest absolute Gasteiger partial charge is 0.271 e. The quantitative estimate of drug-likeness (QED) is 0.541. The highest BCUT2D eigenvalue weighted by atomic mass is 35.5. The summed E-state index contributed by atoms with van der Waals surface area (Å²) in [6, 6.07) is 7.93. The largest absolute Gasteiger partial charge is 0.351 e. The topological polar surface area (TPSA) is 118 Å². The van der Waals surface area contributed by atoms with Gasteiger partial charge in [-0.05, 0) is 69.6 Å². The minimum atomic E-state index is -0.799. The van der Waals surface area contributed by atoms with Crippen LogP contribution in [-0.2, 0) is 9.59 Å². The third kappa shape index (κ3) is 5.19. The van der Waals surface area contributed by atoms with Gasteiger partial charge in [0.15, 0.2) is 0 Å². The molecule has 3 amide bonds. The van der Waals surface area contributed by atoms with Crippen LogP contribution in [0.4, 0.5) is 0 Å². The Balaban J connectivity index is 1.36. The number of nitrogens with one attached hydrogen (secondary N) is 3. The van der Waals surface area contributed by atoms with Gasteiger partial charge in [-0.2, -0.15) is 5.26 Å². The average Bonchev–Trinajstić information content (AvgIpc) is 3.51. The Hall–Kier alpha value is -3.05. The first kappa shape index (κ1) is 25.6. The van der Waals surface area contributed by atoms with E-state index in [-0.39, 0.29) is 41.0 Å². The van der Waals surface area contributed by atoms with Crippen molar-refractivity contribution in [1.29, 1.82) is 5.26 Å². The van der Waals surface area contributed by atoms with Crippen LogP contribution in [-0.4, -0.2) is 51.8 Å². The Labute approximate surface area is 222 Å². The van der Waals surface area contributed by atoms with Crippen LogP contribution < -0.4 is 10.6 Å². The van der Waals surface area contributed by atoms with Gasteiger partial charge in [-0.1, -0.05) is 36.9 Å². The molecule has 1 spiro atoms. The third-order valence-corrected chi connectivity index (χ3v) is 8.62. The van der Waals surface area contributed by atoms with E-state index in [0.717, 1.165) is 36.6 Å². The minimum Gasteiger partial charge on any atom is -0.351 e. The second-order valence-electron chi connectivity index (χ2n) is 11.8. The number of likely N-dealkylation sites (tertiary alicyclic amines) is 1. The summed E-state index contributed by atoms with van der Waals surface area (Å²) in [6.45, 7) is 4.43. The van der Waals surface area contributed by atoms with Gasteiger partial charge in [-0.25, -0.2) is 0 Å². The van der Waals surface area contributed by atoms with Crippen molar-refractivity contribution in [3.8, 4) is 6.07 Å². The molecular weight excluding hydrogens is 490 g/mol. The summed E-state index contributed by atoms with van der Waals surface area (Å²) in [4.78, 5) is 44.6. The van der Waals surface area contributed by atoms with Gasteiger partial charge in [0.2, 0.25) is 11.8 Å². The Bertz CT molecular complexity index is 1270. The molecule has 1 saturated carbocycles. The Morgan fingerprint density at radius 1 is 1.22 bits per heavy atom. The number of benzene rings is 1. The summed E-state index contributed by atoms with van der Waals surface area (Å²) in [6.07, 6.45) is 6.79. The summed E-state index contributed by atoms with van der Waals surface area (Å²) in [5, 5.41) is 17.1. The zero-order valence-corrected chi connectivity index (χ0v) is 22.2. The minimum absolute atomic E-state index is 0.0806. The van der Waals surface area contributed by atoms with Gasteiger partial charge in [0.05, 0.1) is 6.07 Å². The molecule has 3 N–H and O–H groups in total. The van der Waals surface area contributed by atoms with Crippen molar-refractivity contribution >= 4 is 40.2 Å². The van der Waals surface area contributed by atoms with Gasteiger partial charge in [-0.3, -0.25) is 14.4 Å². The normalized spacial score (nSPS) is 25.1. The van der Waals surface area contributed by atoms with E-state index in [1.807, 2.05) is 19.9 Å². The molecule has 3 atom stereocenters. The Morgan fingerprint density at radius 3 is 2.65 bits per heavy atom. The monoisotopic (exact) mass is 523 g/mol. The summed E-state index contributed by atoms with van der Waals surface area (Å²) >= 11 is 6.12. The van der Waals surface area contributed by atoms with Crippen molar-refractivity contribution in [3.63, 3.8) is 0 Å². The highest BCUT2D eigenvalue weighted by molar-refractivity contribution is 6.31. The predicted octanol–water partition coefficient (Wildman–Crippen LogP) is 4.30. The van der Waals surface area contributed by atoms with E-state index in [1.54, 1.807) is 23.1 Å². The molecule has 5 rings (SSSR count). The highest BCUT2D eigenvalue weighted by Gasteiger charge is 2.49. The molecule has 196 valence electrons. The Morgan fingerprint density at radius 2 is 1.97 bits per heavy atom. The molecule has 0 bridgehead atoms. The maximum Gasteiger partial charge on any atom is 0.271 e. The maximum absolute atomic E-state index is 13.8. The number of fused-ring (bicyclic) bond motifs is 1. The fraction of sp³-hybridized carbons (Fsp3) is 0.571. The molecule has 9 heteroatoms. The second-order valence-corrected chi connectivity index (χ2v) is 12.3. The fourth-order valence-electron chi connectivity index (χ4n) is 6.62. The lowest BCUT2D eigenvalue weighted by Gasteiger charge is -2.32. The first-order valence-electron chi connectivity index (χ1n) is 13.2. The van der Waals surface area contributed by atoms with E-state index in [2.05, 4.69) is 21.7 Å². The van der Waals surface area contributed by atoms with Crippen LogP contribution in [0.25, 0.3) is 10.9 Å². The van der Waals surface area contributed by atoms with Gasteiger partial charge in [0.1, 0.15) is 17.8 Å². The van der Waals surface area contributed by atoms with E-state index >= 15 is 0 Å². The lowest BCUT2D eigenvalue weighted by Crippen LogP contribution is -2.49. The van der Waals surface area contributed by atoms with Crippen LogP contribution in [0.3, 0.4) is 0 Å². The molecular formula is C28H34ClN5O3. The first-order valence-corrected chi connectivity index (χ1v) is 13.6. The molecule has 37 heavy (non-hydrogen) atoms. The third-order valence-electron chi connectivity index (χ3n) is 8.38. The van der Waals surface area contributed by atoms with E-state index in [9.17, 15) is 19.6 Å². The van der Waals surface area contributed by atoms with E-state index in [1.165, 1.54) is 6.42 Å².